The number of nitrogens with one attached hydrogen (secondary N) is 1. The summed E-state index contributed by atoms with van der Waals surface area (Å²) >= 11 is 1.56. The maximum atomic E-state index is 11.9. The molecule has 1 amide bonds. The fourth-order valence-electron chi connectivity index (χ4n) is 1.92. The highest BCUT2D eigenvalue weighted by Crippen LogP contribution is 2.18. The highest BCUT2D eigenvalue weighted by Gasteiger charge is 2.21. The molecule has 1 aromatic carbocycles. The lowest BCUT2D eigenvalue weighted by molar-refractivity contribution is -0.115. The third kappa shape index (κ3) is 2.48. The van der Waals surface area contributed by atoms with E-state index in [9.17, 15) is 4.79 Å². The highest BCUT2D eigenvalue weighted by molar-refractivity contribution is 7.12. The lowest BCUT2D eigenvalue weighted by atomic mass is 10.1. The van der Waals surface area contributed by atoms with Gasteiger partial charge in [-0.25, -0.2) is 4.99 Å². The maximum absolute atomic E-state index is 11.9. The van der Waals surface area contributed by atoms with E-state index in [0.717, 1.165) is 16.0 Å². The van der Waals surface area contributed by atoms with Crippen molar-refractivity contribution < 1.29 is 4.79 Å². The van der Waals surface area contributed by atoms with Crippen LogP contribution < -0.4 is 5.32 Å². The number of rotatable bonds is 2. The molecule has 0 aliphatic carbocycles. The molecule has 0 fully saturated rings. The molecule has 2 aromatic rings. The lowest BCUT2D eigenvalue weighted by Crippen LogP contribution is -2.23. The summed E-state index contributed by atoms with van der Waals surface area (Å²) in [7, 11) is 0. The number of aliphatic imine (C=N–C) groups is 1. The van der Waals surface area contributed by atoms with E-state index < -0.39 is 0 Å². The third-order valence-electron chi connectivity index (χ3n) is 2.80. The molecule has 0 saturated carbocycles. The molecule has 4 heteroatoms. The van der Waals surface area contributed by atoms with Crippen LogP contribution in [0.15, 0.2) is 52.5 Å². The van der Waals surface area contributed by atoms with E-state index in [1.807, 2.05) is 54.8 Å². The first kappa shape index (κ1) is 11.9. The zero-order valence-electron chi connectivity index (χ0n) is 10.4. The lowest BCUT2D eigenvalue weighted by Gasteiger charge is -1.96. The van der Waals surface area contributed by atoms with Gasteiger partial charge in [0.2, 0.25) is 0 Å². The summed E-state index contributed by atoms with van der Waals surface area (Å²) in [4.78, 5) is 17.2. The van der Waals surface area contributed by atoms with Crippen LogP contribution in [0, 0.1) is 6.92 Å². The van der Waals surface area contributed by atoms with Crippen LogP contribution in [-0.2, 0) is 4.79 Å². The largest absolute Gasteiger partial charge is 0.304 e. The summed E-state index contributed by atoms with van der Waals surface area (Å²) in [6.45, 7) is 2.02. The van der Waals surface area contributed by atoms with Gasteiger partial charge in [-0.2, -0.15) is 0 Å². The van der Waals surface area contributed by atoms with Crippen molar-refractivity contribution in [3.8, 4) is 0 Å². The molecule has 1 aromatic heterocycles. The van der Waals surface area contributed by atoms with Crippen molar-refractivity contribution in [1.82, 2.24) is 5.32 Å². The topological polar surface area (TPSA) is 41.5 Å². The maximum Gasteiger partial charge on any atom is 0.275 e. The van der Waals surface area contributed by atoms with E-state index in [4.69, 9.17) is 0 Å². The number of amidine groups is 1. The van der Waals surface area contributed by atoms with Gasteiger partial charge in [-0.3, -0.25) is 4.79 Å². The Kier molecular flexibility index (Phi) is 3.01. The number of amides is 1. The summed E-state index contributed by atoms with van der Waals surface area (Å²) in [5.41, 5.74) is 2.60. The molecule has 0 bridgehead atoms. The van der Waals surface area contributed by atoms with Gasteiger partial charge < -0.3 is 5.32 Å². The van der Waals surface area contributed by atoms with Crippen LogP contribution in [0.4, 0.5) is 0 Å². The van der Waals surface area contributed by atoms with E-state index in [-0.39, 0.29) is 5.91 Å². The van der Waals surface area contributed by atoms with Crippen molar-refractivity contribution in [1.29, 1.82) is 0 Å². The first-order chi connectivity index (χ1) is 9.22. The molecule has 0 spiro atoms. The molecule has 0 atom stereocenters. The zero-order valence-corrected chi connectivity index (χ0v) is 11.2. The van der Waals surface area contributed by atoms with Gasteiger partial charge in [-0.05, 0) is 30.0 Å². The van der Waals surface area contributed by atoms with Crippen LogP contribution in [0.3, 0.4) is 0 Å². The fraction of sp³-hybridized carbons (Fsp3) is 0.0667. The molecule has 3 nitrogen and oxygen atoms in total. The molecule has 94 valence electrons. The molecule has 2 heterocycles. The average molecular weight is 268 g/mol. The van der Waals surface area contributed by atoms with E-state index in [1.54, 1.807) is 11.3 Å². The van der Waals surface area contributed by atoms with Gasteiger partial charge in [-0.15, -0.1) is 11.3 Å². The van der Waals surface area contributed by atoms with Crippen LogP contribution >= 0.6 is 11.3 Å². The number of hydrogen-bond acceptors (Lipinski definition) is 3. The Morgan fingerprint density at radius 2 is 2.16 bits per heavy atom. The molecular formula is C15H12N2OS. The van der Waals surface area contributed by atoms with E-state index in [1.165, 1.54) is 0 Å². The molecule has 1 aliphatic rings. The van der Waals surface area contributed by atoms with Gasteiger partial charge in [0.15, 0.2) is 5.84 Å². The Hall–Kier alpha value is -2.20. The summed E-state index contributed by atoms with van der Waals surface area (Å²) in [6, 6.07) is 11.9. The number of carbonyl (C=O) groups is 1. The Balaban J connectivity index is 1.95. The van der Waals surface area contributed by atoms with Crippen LogP contribution in [0.25, 0.3) is 6.08 Å². The van der Waals surface area contributed by atoms with Gasteiger partial charge in [0.25, 0.3) is 5.91 Å². The Bertz CT molecular complexity index is 684. The van der Waals surface area contributed by atoms with Crippen LogP contribution in [0.1, 0.15) is 16.0 Å². The van der Waals surface area contributed by atoms with Crippen molar-refractivity contribution >= 4 is 29.2 Å². The van der Waals surface area contributed by atoms with Gasteiger partial charge in [0.05, 0.1) is 4.88 Å². The molecule has 1 N–H and O–H groups in total. The Morgan fingerprint density at radius 3 is 2.89 bits per heavy atom. The quantitative estimate of drug-likeness (QED) is 0.836. The van der Waals surface area contributed by atoms with Gasteiger partial charge in [0.1, 0.15) is 5.70 Å². The monoisotopic (exact) mass is 268 g/mol. The summed E-state index contributed by atoms with van der Waals surface area (Å²) in [5, 5.41) is 4.76. The number of benzene rings is 1. The predicted octanol–water partition coefficient (Wildman–Crippen LogP) is 2.97. The van der Waals surface area contributed by atoms with Crippen LogP contribution in [0.5, 0.6) is 0 Å². The standard InChI is InChI=1S/C15H12N2OS/c1-10-4-2-5-11(8-10)9-12-15(18)17-14(16-12)13-6-3-7-19-13/h2-9H,1H3,(H,16,17,18)/b12-9+. The first-order valence-electron chi connectivity index (χ1n) is 5.95. The molecule has 19 heavy (non-hydrogen) atoms. The minimum atomic E-state index is -0.148. The second-order valence-electron chi connectivity index (χ2n) is 4.34. The number of aryl methyl sites for hydroxylation is 1. The highest BCUT2D eigenvalue weighted by atomic mass is 32.1. The Morgan fingerprint density at radius 1 is 1.26 bits per heavy atom. The smallest absolute Gasteiger partial charge is 0.275 e. The second kappa shape index (κ2) is 4.82. The fourth-order valence-corrected chi connectivity index (χ4v) is 2.59. The third-order valence-corrected chi connectivity index (χ3v) is 3.67. The number of carbonyl (C=O) groups excluding carboxylic acids is 1. The van der Waals surface area contributed by atoms with E-state index in [2.05, 4.69) is 10.3 Å². The van der Waals surface area contributed by atoms with Crippen LogP contribution in [-0.4, -0.2) is 11.7 Å². The van der Waals surface area contributed by atoms with Crippen LogP contribution in [0.2, 0.25) is 0 Å². The summed E-state index contributed by atoms with van der Waals surface area (Å²) in [6.07, 6.45) is 1.81. The number of thiophene rings is 1. The molecule has 0 saturated heterocycles. The van der Waals surface area contributed by atoms with Crippen molar-refractivity contribution in [3.63, 3.8) is 0 Å². The number of nitrogens with zero attached hydrogens (tertiary/aromatic N) is 1. The van der Waals surface area contributed by atoms with Crippen molar-refractivity contribution in [2.24, 2.45) is 4.99 Å². The van der Waals surface area contributed by atoms with Crippen molar-refractivity contribution in [3.05, 3.63) is 63.5 Å². The molecule has 0 radical (unpaired) electrons. The predicted molar refractivity (Wildman–Crippen MR) is 78.2 cm³/mol. The Labute approximate surface area is 115 Å². The van der Waals surface area contributed by atoms with Crippen molar-refractivity contribution in [2.45, 2.75) is 6.92 Å². The average Bonchev–Trinajstić information content (AvgIpc) is 3.00. The SMILES string of the molecule is Cc1cccc(/C=C2/N=C(c3cccs3)NC2=O)c1. The molecule has 3 rings (SSSR count). The summed E-state index contributed by atoms with van der Waals surface area (Å²) in [5.74, 6) is 0.490. The zero-order chi connectivity index (χ0) is 13.2. The first-order valence-corrected chi connectivity index (χ1v) is 6.82. The normalized spacial score (nSPS) is 16.6. The van der Waals surface area contributed by atoms with E-state index >= 15 is 0 Å². The van der Waals surface area contributed by atoms with Gasteiger partial charge >= 0.3 is 0 Å². The summed E-state index contributed by atoms with van der Waals surface area (Å²) < 4.78 is 0. The number of hydrogen-bond donors (Lipinski definition) is 1. The van der Waals surface area contributed by atoms with Gasteiger partial charge in [-0.1, -0.05) is 35.9 Å². The minimum Gasteiger partial charge on any atom is -0.304 e. The minimum absolute atomic E-state index is 0.148. The molecule has 0 unspecified atom stereocenters. The molecular weight excluding hydrogens is 256 g/mol. The van der Waals surface area contributed by atoms with E-state index in [0.29, 0.717) is 11.5 Å². The second-order valence-corrected chi connectivity index (χ2v) is 5.28. The van der Waals surface area contributed by atoms with Gasteiger partial charge in [0, 0.05) is 0 Å². The molecule has 1 aliphatic heterocycles. The van der Waals surface area contributed by atoms with Crippen molar-refractivity contribution in [2.75, 3.05) is 0 Å².